The Morgan fingerprint density at radius 2 is 1.22 bits per heavy atom. The molecule has 0 fully saturated rings. The van der Waals surface area contributed by atoms with Crippen LogP contribution in [0.2, 0.25) is 0 Å². The van der Waals surface area contributed by atoms with E-state index in [1.54, 1.807) is 0 Å². The van der Waals surface area contributed by atoms with Gasteiger partial charge in [-0.1, -0.05) is 0 Å². The van der Waals surface area contributed by atoms with Crippen molar-refractivity contribution in [2.45, 2.75) is 0 Å². The summed E-state index contributed by atoms with van der Waals surface area (Å²) in [6.07, 6.45) is -2.33. The molecule has 46 valence electrons. The summed E-state index contributed by atoms with van der Waals surface area (Å²) in [7, 11) is 9.53. The molecule has 0 atom stereocenters. The number of carboxylic acid groups (broad SMARTS) is 2. The number of hydrogen-bond donors (Lipinski definition) is 0. The fourth-order valence-corrected chi connectivity index (χ4v) is 0. The van der Waals surface area contributed by atoms with E-state index in [1.165, 1.54) is 0 Å². The molecule has 0 aliphatic heterocycles. The molecule has 0 aliphatic rings. The summed E-state index contributed by atoms with van der Waals surface area (Å²) >= 11 is 0.194. The Bertz CT molecular complexity index is 51.1. The van der Waals surface area contributed by atoms with E-state index in [0.717, 1.165) is 0 Å². The van der Waals surface area contributed by atoms with Crippen LogP contribution in [-0.4, -0.2) is 6.16 Å². The third-order valence-corrected chi connectivity index (χ3v) is 0. The molecule has 0 spiro atoms. The van der Waals surface area contributed by atoms with Gasteiger partial charge in [-0.05, 0) is 6.16 Å². The van der Waals surface area contributed by atoms with E-state index >= 15 is 0 Å². The maximum absolute atomic E-state index is 8.33. The molecule has 0 saturated heterocycles. The molecule has 0 saturated carbocycles. The summed E-state index contributed by atoms with van der Waals surface area (Å²) in [5, 5.41) is 16.7. The molecule has 0 aliphatic carbocycles. The number of carbonyl (C=O) groups is 1. The summed E-state index contributed by atoms with van der Waals surface area (Å²) in [5.41, 5.74) is 0. The van der Waals surface area contributed by atoms with Gasteiger partial charge in [0.25, 0.3) is 0 Å². The van der Waals surface area contributed by atoms with Crippen molar-refractivity contribution >= 4 is 26.4 Å². The summed E-state index contributed by atoms with van der Waals surface area (Å²) in [6.45, 7) is 0. The average molecular weight is 233 g/mol. The van der Waals surface area contributed by atoms with Crippen LogP contribution < -0.4 is 69.3 Å². The van der Waals surface area contributed by atoms with Crippen LogP contribution in [0.3, 0.4) is 0 Å². The zero-order valence-corrected chi connectivity index (χ0v) is 11.5. The molecular formula is CCl2FeNa2O3. The van der Waals surface area contributed by atoms with Crippen molar-refractivity contribution in [2.24, 2.45) is 0 Å². The molecular weight excluding hydrogens is 233 g/mol. The zero-order chi connectivity index (χ0) is 6.28. The van der Waals surface area contributed by atoms with Crippen LogP contribution in [0.15, 0.2) is 0 Å². The molecule has 0 N–H and O–H groups in total. The van der Waals surface area contributed by atoms with E-state index in [2.05, 4.69) is 0 Å². The van der Waals surface area contributed by atoms with E-state index < -0.39 is 6.16 Å². The Balaban J connectivity index is -0.0000000233. The molecule has 0 bridgehead atoms. The normalized spacial score (nSPS) is 5.11. The minimum atomic E-state index is -2.33. The summed E-state index contributed by atoms with van der Waals surface area (Å²) in [6, 6.07) is 0. The van der Waals surface area contributed by atoms with Gasteiger partial charge in [-0.2, -0.15) is 0 Å². The third-order valence-electron chi connectivity index (χ3n) is 0. The predicted molar refractivity (Wildman–Crippen MR) is 17.1 cm³/mol. The molecule has 0 heterocycles. The Kier molecular flexibility index (Phi) is 56.1. The molecule has 0 rings (SSSR count). The fraction of sp³-hybridized carbons (Fsp3) is 0. The first-order chi connectivity index (χ1) is 3.15. The molecule has 9 heavy (non-hydrogen) atoms. The van der Waals surface area contributed by atoms with Crippen molar-refractivity contribution in [3.8, 4) is 0 Å². The first kappa shape index (κ1) is 22.5. The van der Waals surface area contributed by atoms with Crippen LogP contribution in [0.25, 0.3) is 0 Å². The number of halogens is 2. The van der Waals surface area contributed by atoms with Crippen LogP contribution in [0.1, 0.15) is 0 Å². The maximum atomic E-state index is 8.33. The van der Waals surface area contributed by atoms with Gasteiger partial charge in [0.15, 0.2) is 0 Å². The van der Waals surface area contributed by atoms with Crippen LogP contribution >= 0.6 is 20.2 Å². The first-order valence-corrected chi connectivity index (χ1v) is 3.92. The van der Waals surface area contributed by atoms with Gasteiger partial charge in [0.05, 0.1) is 0 Å². The molecule has 0 aromatic rings. The quantitative estimate of drug-likeness (QED) is 0.390. The summed E-state index contributed by atoms with van der Waals surface area (Å²) in [5.74, 6) is 0. The Hall–Kier alpha value is 2.37. The largest absolute Gasteiger partial charge is 1.00 e. The Labute approximate surface area is 112 Å². The zero-order valence-electron chi connectivity index (χ0n) is 4.83. The summed E-state index contributed by atoms with van der Waals surface area (Å²) in [4.78, 5) is 8.33. The topological polar surface area (TPSA) is 63.2 Å². The predicted octanol–water partition coefficient (Wildman–Crippen LogP) is -7.06. The molecule has 0 amide bonds. The van der Waals surface area contributed by atoms with Gasteiger partial charge < -0.3 is 15.0 Å². The molecule has 0 unspecified atom stereocenters. The minimum Gasteiger partial charge on any atom is 1.00 e. The molecule has 0 aromatic heterocycles. The Morgan fingerprint density at radius 3 is 1.22 bits per heavy atom. The minimum absolute atomic E-state index is 0. The van der Waals surface area contributed by atoms with Gasteiger partial charge in [-0.3, -0.25) is 0 Å². The van der Waals surface area contributed by atoms with Crippen molar-refractivity contribution in [1.82, 2.24) is 0 Å². The monoisotopic (exact) mass is 232 g/mol. The van der Waals surface area contributed by atoms with E-state index in [-0.39, 0.29) is 72.2 Å². The van der Waals surface area contributed by atoms with E-state index in [9.17, 15) is 0 Å². The van der Waals surface area contributed by atoms with Crippen LogP contribution in [0.5, 0.6) is 0 Å². The van der Waals surface area contributed by atoms with Crippen molar-refractivity contribution in [1.29, 1.82) is 0 Å². The van der Waals surface area contributed by atoms with E-state index in [0.29, 0.717) is 0 Å². The fourth-order valence-electron chi connectivity index (χ4n) is 0. The van der Waals surface area contributed by atoms with Gasteiger partial charge in [-0.15, -0.1) is 0 Å². The number of hydrogen-bond acceptors (Lipinski definition) is 3. The van der Waals surface area contributed by atoms with Crippen LogP contribution in [0.4, 0.5) is 4.79 Å². The van der Waals surface area contributed by atoms with Crippen molar-refractivity contribution in [2.75, 3.05) is 0 Å². The Morgan fingerprint density at radius 1 is 1.22 bits per heavy atom. The van der Waals surface area contributed by atoms with Crippen molar-refractivity contribution in [3.63, 3.8) is 0 Å². The van der Waals surface area contributed by atoms with Crippen LogP contribution in [-0.2, 0) is 13.1 Å². The van der Waals surface area contributed by atoms with Gasteiger partial charge in [0, 0.05) is 0 Å². The smallest absolute Gasteiger partial charge is 1.00 e. The SMILES string of the molecule is O=C([O-])[O-].[Cl][Fe][Cl].[Na+].[Na+]. The standard InChI is InChI=1S/CH2O3.2ClH.Fe.2Na/c2-1(3)4;;;;;/h(H2,2,3,4);2*1H;;;/q;;;+2;2*+1/p-4. The van der Waals surface area contributed by atoms with Crippen LogP contribution in [0, 0.1) is 0 Å². The molecule has 3 nitrogen and oxygen atoms in total. The van der Waals surface area contributed by atoms with Gasteiger partial charge in [0.1, 0.15) is 0 Å². The molecule has 8 heteroatoms. The number of carbonyl (C=O) groups excluding carboxylic acids is 1. The third kappa shape index (κ3) is 129. The second kappa shape index (κ2) is 22.4. The van der Waals surface area contributed by atoms with E-state index in [1.807, 2.05) is 0 Å². The molecule has 0 aromatic carbocycles. The second-order valence-corrected chi connectivity index (χ2v) is 2.12. The van der Waals surface area contributed by atoms with Crippen molar-refractivity contribution in [3.05, 3.63) is 0 Å². The van der Waals surface area contributed by atoms with Gasteiger partial charge in [0.2, 0.25) is 0 Å². The summed E-state index contributed by atoms with van der Waals surface area (Å²) < 4.78 is 0. The number of rotatable bonds is 0. The average Bonchev–Trinajstić information content (AvgIpc) is 1.33. The second-order valence-electron chi connectivity index (χ2n) is 0.301. The van der Waals surface area contributed by atoms with E-state index in [4.69, 9.17) is 35.2 Å². The van der Waals surface area contributed by atoms with Gasteiger partial charge in [-0.25, -0.2) is 0 Å². The molecule has 0 radical (unpaired) electrons. The van der Waals surface area contributed by atoms with Crippen molar-refractivity contribution < 1.29 is 87.3 Å². The first-order valence-electron chi connectivity index (χ1n) is 0.880. The van der Waals surface area contributed by atoms with Gasteiger partial charge >= 0.3 is 92.4 Å². The maximum Gasteiger partial charge on any atom is 1.00 e.